The first kappa shape index (κ1) is 22.4. The van der Waals surface area contributed by atoms with E-state index in [2.05, 4.69) is 59.1 Å². The molecule has 0 aliphatic carbocycles. The third kappa shape index (κ3) is 5.13. The molecule has 0 saturated heterocycles. The summed E-state index contributed by atoms with van der Waals surface area (Å²) in [5, 5.41) is 3.15. The maximum absolute atomic E-state index is 13.3. The van der Waals surface area contributed by atoms with Crippen molar-refractivity contribution in [3.63, 3.8) is 0 Å². The minimum absolute atomic E-state index is 0.174. The standard InChI is InChI=1S/C23H31BrN2O2/c1-6-9-10-14-28-22-19(15(4)25-16(5)20(22)24)23(27)26-21-17(7-2)12-11-13-18(21)8-3/h11-13H,6-10,14H2,1-5H3,(H,26,27). The van der Waals surface area contributed by atoms with Crippen LogP contribution in [0.2, 0.25) is 0 Å². The van der Waals surface area contributed by atoms with Crippen molar-refractivity contribution in [1.29, 1.82) is 0 Å². The van der Waals surface area contributed by atoms with Crippen LogP contribution in [0.4, 0.5) is 5.69 Å². The van der Waals surface area contributed by atoms with Gasteiger partial charge in [0.05, 0.1) is 22.5 Å². The van der Waals surface area contributed by atoms with E-state index in [0.29, 0.717) is 23.6 Å². The molecule has 1 amide bonds. The van der Waals surface area contributed by atoms with Crippen molar-refractivity contribution in [2.24, 2.45) is 0 Å². The van der Waals surface area contributed by atoms with E-state index < -0.39 is 0 Å². The van der Waals surface area contributed by atoms with E-state index in [4.69, 9.17) is 4.74 Å². The predicted octanol–water partition coefficient (Wildman–Crippen LogP) is 6.41. The van der Waals surface area contributed by atoms with Gasteiger partial charge in [-0.15, -0.1) is 0 Å². The average molecular weight is 447 g/mol. The number of rotatable bonds is 9. The number of hydrogen-bond donors (Lipinski definition) is 1. The molecule has 2 aromatic rings. The first-order chi connectivity index (χ1) is 13.4. The molecule has 152 valence electrons. The van der Waals surface area contributed by atoms with Gasteiger partial charge < -0.3 is 10.1 Å². The topological polar surface area (TPSA) is 51.2 Å². The number of anilines is 1. The molecule has 1 aromatic heterocycles. The predicted molar refractivity (Wildman–Crippen MR) is 120 cm³/mol. The van der Waals surface area contributed by atoms with Crippen LogP contribution in [0.5, 0.6) is 5.75 Å². The molecule has 0 radical (unpaired) electrons. The molecule has 1 aromatic carbocycles. The van der Waals surface area contributed by atoms with E-state index in [1.54, 1.807) is 0 Å². The van der Waals surface area contributed by atoms with Crippen LogP contribution >= 0.6 is 15.9 Å². The normalized spacial score (nSPS) is 10.8. The van der Waals surface area contributed by atoms with Gasteiger partial charge in [-0.3, -0.25) is 9.78 Å². The Balaban J connectivity index is 2.41. The second kappa shape index (κ2) is 10.6. The molecule has 0 aliphatic rings. The van der Waals surface area contributed by atoms with Gasteiger partial charge in [0.15, 0.2) is 0 Å². The second-order valence-electron chi connectivity index (χ2n) is 6.97. The highest BCUT2D eigenvalue weighted by Crippen LogP contribution is 2.34. The lowest BCUT2D eigenvalue weighted by atomic mass is 10.0. The molecule has 5 heteroatoms. The Morgan fingerprint density at radius 3 is 2.29 bits per heavy atom. The summed E-state index contributed by atoms with van der Waals surface area (Å²) in [4.78, 5) is 17.8. The van der Waals surface area contributed by atoms with E-state index in [9.17, 15) is 4.79 Å². The lowest BCUT2D eigenvalue weighted by Crippen LogP contribution is -2.19. The molecule has 28 heavy (non-hydrogen) atoms. The first-order valence-corrected chi connectivity index (χ1v) is 10.9. The molecule has 1 heterocycles. The molecule has 0 bridgehead atoms. The van der Waals surface area contributed by atoms with Crippen molar-refractivity contribution in [3.05, 3.63) is 50.8 Å². The number of pyridine rings is 1. The van der Waals surface area contributed by atoms with E-state index in [-0.39, 0.29) is 5.91 Å². The third-order valence-electron chi connectivity index (χ3n) is 4.90. The average Bonchev–Trinajstić information content (AvgIpc) is 2.68. The van der Waals surface area contributed by atoms with Crippen molar-refractivity contribution in [2.45, 2.75) is 66.7 Å². The number of aryl methyl sites for hydroxylation is 4. The Morgan fingerprint density at radius 1 is 1.07 bits per heavy atom. The quantitative estimate of drug-likeness (QED) is 0.452. The van der Waals surface area contributed by atoms with Crippen LogP contribution in [0.25, 0.3) is 0 Å². The van der Waals surface area contributed by atoms with Crippen LogP contribution in [0.1, 0.15) is 72.9 Å². The Morgan fingerprint density at radius 2 is 1.71 bits per heavy atom. The zero-order chi connectivity index (χ0) is 20.7. The number of carbonyl (C=O) groups excluding carboxylic acids is 1. The van der Waals surface area contributed by atoms with Gasteiger partial charge >= 0.3 is 0 Å². The van der Waals surface area contributed by atoms with E-state index in [0.717, 1.165) is 59.1 Å². The zero-order valence-electron chi connectivity index (χ0n) is 17.6. The van der Waals surface area contributed by atoms with Crippen LogP contribution in [0.15, 0.2) is 22.7 Å². The smallest absolute Gasteiger partial charge is 0.261 e. The molecule has 0 aliphatic heterocycles. The summed E-state index contributed by atoms with van der Waals surface area (Å²) in [7, 11) is 0. The van der Waals surface area contributed by atoms with Gasteiger partial charge in [-0.25, -0.2) is 0 Å². The number of carbonyl (C=O) groups is 1. The Labute approximate surface area is 177 Å². The molecule has 2 rings (SSSR count). The summed E-state index contributed by atoms with van der Waals surface area (Å²) < 4.78 is 6.81. The Kier molecular flexibility index (Phi) is 8.49. The Hall–Kier alpha value is -1.88. The lowest BCUT2D eigenvalue weighted by Gasteiger charge is -2.19. The van der Waals surface area contributed by atoms with E-state index in [1.807, 2.05) is 19.9 Å². The Bertz CT molecular complexity index is 812. The van der Waals surface area contributed by atoms with Crippen LogP contribution in [0.3, 0.4) is 0 Å². The molecule has 0 spiro atoms. The number of nitrogens with zero attached hydrogens (tertiary/aromatic N) is 1. The van der Waals surface area contributed by atoms with Crippen molar-refractivity contribution in [3.8, 4) is 5.75 Å². The van der Waals surface area contributed by atoms with E-state index in [1.165, 1.54) is 0 Å². The van der Waals surface area contributed by atoms with Gasteiger partial charge in [-0.2, -0.15) is 0 Å². The molecule has 4 nitrogen and oxygen atoms in total. The van der Waals surface area contributed by atoms with Crippen LogP contribution in [-0.2, 0) is 12.8 Å². The summed E-state index contributed by atoms with van der Waals surface area (Å²) in [5.41, 5.74) is 5.18. The minimum atomic E-state index is -0.174. The highest BCUT2D eigenvalue weighted by Gasteiger charge is 2.23. The van der Waals surface area contributed by atoms with E-state index >= 15 is 0 Å². The second-order valence-corrected chi connectivity index (χ2v) is 7.76. The van der Waals surface area contributed by atoms with Gasteiger partial charge in [0.1, 0.15) is 11.3 Å². The molecule has 0 unspecified atom stereocenters. The van der Waals surface area contributed by atoms with Gasteiger partial charge in [0.2, 0.25) is 0 Å². The maximum Gasteiger partial charge on any atom is 0.261 e. The molecular weight excluding hydrogens is 416 g/mol. The lowest BCUT2D eigenvalue weighted by molar-refractivity contribution is 0.102. The fourth-order valence-electron chi connectivity index (χ4n) is 3.30. The number of halogens is 1. The molecule has 1 N–H and O–H groups in total. The number of para-hydroxylation sites is 1. The molecule has 0 fully saturated rings. The summed E-state index contributed by atoms with van der Waals surface area (Å²) in [5.74, 6) is 0.414. The van der Waals surface area contributed by atoms with Crippen LogP contribution in [-0.4, -0.2) is 17.5 Å². The summed E-state index contributed by atoms with van der Waals surface area (Å²) in [6.07, 6.45) is 4.91. The van der Waals surface area contributed by atoms with Crippen LogP contribution < -0.4 is 10.1 Å². The number of nitrogens with one attached hydrogen (secondary N) is 1. The van der Waals surface area contributed by atoms with Gasteiger partial charge in [-0.1, -0.05) is 51.8 Å². The number of amides is 1. The molecular formula is C23H31BrN2O2. The number of ether oxygens (including phenoxy) is 1. The minimum Gasteiger partial charge on any atom is -0.491 e. The number of benzene rings is 1. The number of hydrogen-bond acceptors (Lipinski definition) is 3. The monoisotopic (exact) mass is 446 g/mol. The fraction of sp³-hybridized carbons (Fsp3) is 0.478. The molecule has 0 saturated carbocycles. The maximum atomic E-state index is 13.3. The SMILES string of the molecule is CCCCCOc1c(Br)c(C)nc(C)c1C(=O)Nc1c(CC)cccc1CC. The fourth-order valence-corrected chi connectivity index (χ4v) is 3.70. The largest absolute Gasteiger partial charge is 0.491 e. The highest BCUT2D eigenvalue weighted by atomic mass is 79.9. The summed E-state index contributed by atoms with van der Waals surface area (Å²) >= 11 is 3.58. The van der Waals surface area contributed by atoms with Crippen molar-refractivity contribution in [1.82, 2.24) is 4.98 Å². The number of aromatic nitrogens is 1. The van der Waals surface area contributed by atoms with Gasteiger partial charge in [0.25, 0.3) is 5.91 Å². The van der Waals surface area contributed by atoms with Gasteiger partial charge in [-0.05, 0) is 60.2 Å². The third-order valence-corrected chi connectivity index (χ3v) is 5.83. The van der Waals surface area contributed by atoms with Crippen molar-refractivity contribution >= 4 is 27.5 Å². The van der Waals surface area contributed by atoms with Crippen molar-refractivity contribution in [2.75, 3.05) is 11.9 Å². The zero-order valence-corrected chi connectivity index (χ0v) is 19.2. The highest BCUT2D eigenvalue weighted by molar-refractivity contribution is 9.10. The number of unbranched alkanes of at least 4 members (excludes halogenated alkanes) is 2. The van der Waals surface area contributed by atoms with Gasteiger partial charge in [0, 0.05) is 5.69 Å². The molecule has 0 atom stereocenters. The first-order valence-electron chi connectivity index (χ1n) is 10.2. The van der Waals surface area contributed by atoms with Crippen molar-refractivity contribution < 1.29 is 9.53 Å². The summed E-state index contributed by atoms with van der Waals surface area (Å²) in [6.45, 7) is 10.7. The summed E-state index contributed by atoms with van der Waals surface area (Å²) in [6, 6.07) is 6.17. The van der Waals surface area contributed by atoms with Crippen LogP contribution in [0, 0.1) is 13.8 Å².